The maximum Gasteiger partial charge on any atom is 0.120 e. The summed E-state index contributed by atoms with van der Waals surface area (Å²) >= 11 is 0. The minimum Gasteiger partial charge on any atom is -0.508 e. The first-order valence-corrected chi connectivity index (χ1v) is 5.18. The lowest BCUT2D eigenvalue weighted by Gasteiger charge is -2.26. The fourth-order valence-electron chi connectivity index (χ4n) is 2.35. The van der Waals surface area contributed by atoms with Crippen LogP contribution in [0.3, 0.4) is 0 Å². The van der Waals surface area contributed by atoms with Crippen LogP contribution in [0.5, 0.6) is 5.75 Å². The van der Waals surface area contributed by atoms with E-state index in [4.69, 9.17) is 0 Å². The number of hydrogen-bond donors (Lipinski definition) is 2. The Hall–Kier alpha value is -1.02. The molecular formula is C12H17NO. The molecule has 0 aromatic heterocycles. The van der Waals surface area contributed by atoms with Gasteiger partial charge < -0.3 is 10.4 Å². The van der Waals surface area contributed by atoms with Gasteiger partial charge in [-0.05, 0) is 32.8 Å². The van der Waals surface area contributed by atoms with E-state index in [9.17, 15) is 5.11 Å². The molecule has 0 spiro atoms. The predicted octanol–water partition coefficient (Wildman–Crippen LogP) is 2.38. The van der Waals surface area contributed by atoms with Gasteiger partial charge in [-0.25, -0.2) is 0 Å². The molecule has 1 aliphatic heterocycles. The predicted molar refractivity (Wildman–Crippen MR) is 57.3 cm³/mol. The maximum atomic E-state index is 9.78. The number of phenols is 1. The van der Waals surface area contributed by atoms with Crippen molar-refractivity contribution in [1.82, 2.24) is 5.32 Å². The molecule has 0 saturated carbocycles. The number of phenolic OH excluding ortho intramolecular Hbond substituents is 1. The topological polar surface area (TPSA) is 32.3 Å². The molecule has 0 radical (unpaired) electrons. The van der Waals surface area contributed by atoms with Crippen molar-refractivity contribution in [3.05, 3.63) is 29.8 Å². The summed E-state index contributed by atoms with van der Waals surface area (Å²) in [7, 11) is 0. The minimum atomic E-state index is -0.0508. The highest BCUT2D eigenvalue weighted by Crippen LogP contribution is 2.37. The SMILES string of the molecule is CC1CCC(C)(c2ccccc2O)N1. The normalized spacial score (nSPS) is 32.0. The zero-order chi connectivity index (χ0) is 10.2. The summed E-state index contributed by atoms with van der Waals surface area (Å²) in [6.45, 7) is 4.34. The monoisotopic (exact) mass is 191 g/mol. The van der Waals surface area contributed by atoms with Crippen LogP contribution in [0, 0.1) is 0 Å². The van der Waals surface area contributed by atoms with Crippen molar-refractivity contribution in [2.75, 3.05) is 0 Å². The Bertz CT molecular complexity index is 337. The summed E-state index contributed by atoms with van der Waals surface area (Å²) in [5.41, 5.74) is 0.967. The third-order valence-corrected chi connectivity index (χ3v) is 3.14. The van der Waals surface area contributed by atoms with Gasteiger partial charge in [0.15, 0.2) is 0 Å². The molecule has 1 aliphatic rings. The standard InChI is InChI=1S/C12H17NO/c1-9-7-8-12(2,13-9)10-5-3-4-6-11(10)14/h3-6,9,13-14H,7-8H2,1-2H3. The molecule has 1 saturated heterocycles. The molecule has 0 amide bonds. The number of nitrogens with one attached hydrogen (secondary N) is 1. The molecule has 2 atom stereocenters. The lowest BCUT2D eigenvalue weighted by Crippen LogP contribution is -2.36. The summed E-state index contributed by atoms with van der Waals surface area (Å²) in [6.07, 6.45) is 2.26. The van der Waals surface area contributed by atoms with Crippen molar-refractivity contribution >= 4 is 0 Å². The highest BCUT2D eigenvalue weighted by atomic mass is 16.3. The second-order valence-electron chi connectivity index (χ2n) is 4.43. The third kappa shape index (κ3) is 1.50. The number of hydrogen-bond acceptors (Lipinski definition) is 2. The van der Waals surface area contributed by atoms with Gasteiger partial charge in [0.1, 0.15) is 5.75 Å². The summed E-state index contributed by atoms with van der Waals surface area (Å²) in [5.74, 6) is 0.400. The third-order valence-electron chi connectivity index (χ3n) is 3.14. The minimum absolute atomic E-state index is 0.0508. The van der Waals surface area contributed by atoms with Crippen LogP contribution in [0.2, 0.25) is 0 Å². The van der Waals surface area contributed by atoms with Gasteiger partial charge in [-0.2, -0.15) is 0 Å². The van der Waals surface area contributed by atoms with Crippen molar-refractivity contribution in [2.24, 2.45) is 0 Å². The Morgan fingerprint density at radius 3 is 2.71 bits per heavy atom. The lowest BCUT2D eigenvalue weighted by molar-refractivity contribution is 0.382. The van der Waals surface area contributed by atoms with E-state index in [1.165, 1.54) is 6.42 Å². The van der Waals surface area contributed by atoms with Gasteiger partial charge in [-0.1, -0.05) is 18.2 Å². The lowest BCUT2D eigenvalue weighted by atomic mass is 9.90. The Kier molecular flexibility index (Phi) is 2.23. The van der Waals surface area contributed by atoms with Gasteiger partial charge in [-0.3, -0.25) is 0 Å². The fourth-order valence-corrected chi connectivity index (χ4v) is 2.35. The molecule has 1 aromatic carbocycles. The summed E-state index contributed by atoms with van der Waals surface area (Å²) in [6, 6.07) is 8.14. The van der Waals surface area contributed by atoms with E-state index in [2.05, 4.69) is 19.2 Å². The average Bonchev–Trinajstić information content (AvgIpc) is 2.48. The summed E-state index contributed by atoms with van der Waals surface area (Å²) in [4.78, 5) is 0. The largest absolute Gasteiger partial charge is 0.508 e. The highest BCUT2D eigenvalue weighted by molar-refractivity contribution is 5.38. The van der Waals surface area contributed by atoms with Crippen molar-refractivity contribution < 1.29 is 5.11 Å². The molecule has 1 fully saturated rings. The average molecular weight is 191 g/mol. The molecule has 2 N–H and O–H groups in total. The van der Waals surface area contributed by atoms with E-state index < -0.39 is 0 Å². The Morgan fingerprint density at radius 1 is 1.43 bits per heavy atom. The van der Waals surface area contributed by atoms with Gasteiger partial charge >= 0.3 is 0 Å². The smallest absolute Gasteiger partial charge is 0.120 e. The van der Waals surface area contributed by atoms with Crippen LogP contribution in [-0.4, -0.2) is 11.1 Å². The molecule has 2 rings (SSSR count). The van der Waals surface area contributed by atoms with E-state index in [0.717, 1.165) is 12.0 Å². The van der Waals surface area contributed by atoms with Gasteiger partial charge in [0.25, 0.3) is 0 Å². The van der Waals surface area contributed by atoms with Gasteiger partial charge in [0.05, 0.1) is 0 Å². The van der Waals surface area contributed by atoms with E-state index in [1.54, 1.807) is 6.07 Å². The van der Waals surface area contributed by atoms with Crippen LogP contribution in [0.4, 0.5) is 0 Å². The Morgan fingerprint density at radius 2 is 2.14 bits per heavy atom. The Labute approximate surface area is 85.0 Å². The molecule has 14 heavy (non-hydrogen) atoms. The van der Waals surface area contributed by atoms with Crippen molar-refractivity contribution in [3.8, 4) is 5.75 Å². The molecule has 1 aromatic rings. The molecule has 0 aliphatic carbocycles. The van der Waals surface area contributed by atoms with E-state index in [-0.39, 0.29) is 5.54 Å². The van der Waals surface area contributed by atoms with Crippen LogP contribution < -0.4 is 5.32 Å². The summed E-state index contributed by atoms with van der Waals surface area (Å²) in [5, 5.41) is 13.3. The van der Waals surface area contributed by atoms with Gasteiger partial charge in [0.2, 0.25) is 0 Å². The maximum absolute atomic E-state index is 9.78. The van der Waals surface area contributed by atoms with E-state index in [1.807, 2.05) is 18.2 Å². The zero-order valence-corrected chi connectivity index (χ0v) is 8.75. The van der Waals surface area contributed by atoms with Gasteiger partial charge in [0, 0.05) is 17.1 Å². The number of aromatic hydroxyl groups is 1. The first-order valence-electron chi connectivity index (χ1n) is 5.18. The van der Waals surface area contributed by atoms with Crippen molar-refractivity contribution in [2.45, 2.75) is 38.3 Å². The Balaban J connectivity index is 2.35. The molecule has 2 nitrogen and oxygen atoms in total. The number of rotatable bonds is 1. The van der Waals surface area contributed by atoms with Crippen LogP contribution in [0.1, 0.15) is 32.3 Å². The molecule has 76 valence electrons. The first kappa shape index (κ1) is 9.53. The van der Waals surface area contributed by atoms with Gasteiger partial charge in [-0.15, -0.1) is 0 Å². The van der Waals surface area contributed by atoms with E-state index >= 15 is 0 Å². The quantitative estimate of drug-likeness (QED) is 0.714. The van der Waals surface area contributed by atoms with Crippen LogP contribution in [0.25, 0.3) is 0 Å². The highest BCUT2D eigenvalue weighted by Gasteiger charge is 2.35. The second kappa shape index (κ2) is 3.28. The van der Waals surface area contributed by atoms with Crippen molar-refractivity contribution in [1.29, 1.82) is 0 Å². The molecule has 2 heteroatoms. The van der Waals surface area contributed by atoms with Crippen molar-refractivity contribution in [3.63, 3.8) is 0 Å². The fraction of sp³-hybridized carbons (Fsp3) is 0.500. The van der Waals surface area contributed by atoms with Crippen LogP contribution in [0.15, 0.2) is 24.3 Å². The second-order valence-corrected chi connectivity index (χ2v) is 4.43. The molecule has 2 unspecified atom stereocenters. The molecule has 0 bridgehead atoms. The number of benzene rings is 1. The van der Waals surface area contributed by atoms with E-state index in [0.29, 0.717) is 11.8 Å². The summed E-state index contributed by atoms with van der Waals surface area (Å²) < 4.78 is 0. The number of para-hydroxylation sites is 1. The van der Waals surface area contributed by atoms with Crippen LogP contribution in [-0.2, 0) is 5.54 Å². The van der Waals surface area contributed by atoms with Crippen LogP contribution >= 0.6 is 0 Å². The molecular weight excluding hydrogens is 174 g/mol. The first-order chi connectivity index (χ1) is 6.62. The molecule has 1 heterocycles. The zero-order valence-electron chi connectivity index (χ0n) is 8.75.